The number of benzene rings is 10. The highest BCUT2D eigenvalue weighted by Crippen LogP contribution is 2.37. The number of nitrogens with zero attached hydrogens (tertiary/aromatic N) is 2. The standard InChI is InChI=1S/C60H38B2N2O2/c1-9-29-49-39(19-1)40-20-2-10-30-50(40)63(49)53-33-17-23-43(59(53)61-45-25-5-13-35-55(45)65-56-36-14-6-26-46(56)61)44-24-18-34-54(64-51-31-11-3-21-41(51)42-22-4-12-32-52(42)64)60(44)62-47-27-7-15-37-57(47)66-58-38-16-8-28-48(58)62/h1-38H. The fourth-order valence-electron chi connectivity index (χ4n) is 11.4. The molecule has 4 heterocycles. The Kier molecular flexibility index (Phi) is 8.14. The van der Waals surface area contributed by atoms with Crippen LogP contribution >= 0.6 is 0 Å². The van der Waals surface area contributed by atoms with Crippen molar-refractivity contribution in [2.45, 2.75) is 0 Å². The molecule has 66 heavy (non-hydrogen) atoms. The average Bonchev–Trinajstić information content (AvgIpc) is 3.90. The topological polar surface area (TPSA) is 28.3 Å². The Bertz CT molecular complexity index is 3490. The van der Waals surface area contributed by atoms with Gasteiger partial charge in [-0.2, -0.15) is 0 Å². The van der Waals surface area contributed by atoms with Gasteiger partial charge in [0.1, 0.15) is 23.0 Å². The van der Waals surface area contributed by atoms with Crippen molar-refractivity contribution >= 4 is 89.8 Å². The third-order valence-electron chi connectivity index (χ3n) is 14.0. The number of rotatable bonds is 5. The van der Waals surface area contributed by atoms with Crippen molar-refractivity contribution in [1.82, 2.24) is 9.13 Å². The van der Waals surface area contributed by atoms with Gasteiger partial charge in [0.05, 0.1) is 22.1 Å². The van der Waals surface area contributed by atoms with Gasteiger partial charge in [-0.15, -0.1) is 0 Å². The fourth-order valence-corrected chi connectivity index (χ4v) is 11.4. The number of ether oxygens (including phenoxy) is 2. The Morgan fingerprint density at radius 1 is 0.258 bits per heavy atom. The first kappa shape index (κ1) is 37.0. The van der Waals surface area contributed by atoms with Gasteiger partial charge in [-0.25, -0.2) is 0 Å². The first-order valence-electron chi connectivity index (χ1n) is 22.7. The van der Waals surface area contributed by atoms with E-state index >= 15 is 0 Å². The Balaban J connectivity index is 1.17. The van der Waals surface area contributed by atoms with E-state index in [1.807, 2.05) is 0 Å². The summed E-state index contributed by atoms with van der Waals surface area (Å²) in [6.45, 7) is -0.368. The van der Waals surface area contributed by atoms with E-state index in [4.69, 9.17) is 9.47 Å². The average molecular weight is 841 g/mol. The van der Waals surface area contributed by atoms with Crippen molar-refractivity contribution in [2.24, 2.45) is 0 Å². The zero-order valence-electron chi connectivity index (χ0n) is 35.8. The van der Waals surface area contributed by atoms with Crippen LogP contribution in [0.5, 0.6) is 23.0 Å². The Hall–Kier alpha value is -8.47. The van der Waals surface area contributed by atoms with Gasteiger partial charge in [-0.05, 0) is 105 Å². The molecule has 0 fully saturated rings. The summed E-state index contributed by atoms with van der Waals surface area (Å²) >= 11 is 0. The second kappa shape index (κ2) is 14.5. The maximum Gasteiger partial charge on any atom is 0.254 e. The van der Waals surface area contributed by atoms with E-state index in [-0.39, 0.29) is 13.4 Å². The molecule has 0 spiro atoms. The number of hydrogen-bond acceptors (Lipinski definition) is 2. The van der Waals surface area contributed by atoms with Gasteiger partial charge in [0, 0.05) is 32.9 Å². The van der Waals surface area contributed by atoms with E-state index in [2.05, 4.69) is 240 Å². The first-order chi connectivity index (χ1) is 32.8. The van der Waals surface area contributed by atoms with Gasteiger partial charge in [-0.1, -0.05) is 170 Å². The summed E-state index contributed by atoms with van der Waals surface area (Å²) in [6, 6.07) is 83.6. The second-order valence-corrected chi connectivity index (χ2v) is 17.4. The summed E-state index contributed by atoms with van der Waals surface area (Å²) < 4.78 is 18.5. The van der Waals surface area contributed by atoms with Crippen LogP contribution in [0.2, 0.25) is 0 Å². The molecule has 0 aliphatic carbocycles. The highest BCUT2D eigenvalue weighted by atomic mass is 16.5. The fraction of sp³-hybridized carbons (Fsp3) is 0. The van der Waals surface area contributed by atoms with Crippen molar-refractivity contribution in [3.8, 4) is 45.5 Å². The number of fused-ring (bicyclic) bond motifs is 10. The van der Waals surface area contributed by atoms with Crippen LogP contribution in [-0.2, 0) is 0 Å². The number of para-hydroxylation sites is 8. The molecule has 0 saturated heterocycles. The molecule has 0 saturated carbocycles. The third-order valence-corrected chi connectivity index (χ3v) is 14.0. The molecule has 12 aromatic rings. The lowest BCUT2D eigenvalue weighted by molar-refractivity contribution is 0.487. The van der Waals surface area contributed by atoms with E-state index in [1.54, 1.807) is 0 Å². The van der Waals surface area contributed by atoms with E-state index in [9.17, 15) is 0 Å². The lowest BCUT2D eigenvalue weighted by Gasteiger charge is -2.32. The van der Waals surface area contributed by atoms with Crippen LogP contribution in [0.1, 0.15) is 0 Å². The van der Waals surface area contributed by atoms with Crippen LogP contribution in [0.4, 0.5) is 0 Å². The lowest BCUT2D eigenvalue weighted by atomic mass is 9.33. The van der Waals surface area contributed by atoms with E-state index in [0.717, 1.165) is 89.4 Å². The highest BCUT2D eigenvalue weighted by Gasteiger charge is 2.40. The minimum atomic E-state index is -0.184. The maximum atomic E-state index is 6.77. The molecule has 0 bridgehead atoms. The predicted molar refractivity (Wildman–Crippen MR) is 276 cm³/mol. The van der Waals surface area contributed by atoms with Crippen molar-refractivity contribution < 1.29 is 9.47 Å². The maximum absolute atomic E-state index is 6.77. The molecule has 14 rings (SSSR count). The molecule has 4 nitrogen and oxygen atoms in total. The van der Waals surface area contributed by atoms with Crippen LogP contribution in [0, 0.1) is 0 Å². The van der Waals surface area contributed by atoms with Crippen molar-refractivity contribution in [2.75, 3.05) is 0 Å². The summed E-state index contributed by atoms with van der Waals surface area (Å²) in [6.07, 6.45) is 0. The third kappa shape index (κ3) is 5.36. The molecule has 0 radical (unpaired) electrons. The van der Waals surface area contributed by atoms with Gasteiger partial charge in [-0.3, -0.25) is 0 Å². The zero-order chi connectivity index (χ0) is 43.3. The van der Waals surface area contributed by atoms with Crippen molar-refractivity contribution in [1.29, 1.82) is 0 Å². The van der Waals surface area contributed by atoms with E-state index < -0.39 is 0 Å². The van der Waals surface area contributed by atoms with Crippen LogP contribution in [0.3, 0.4) is 0 Å². The Morgan fingerprint density at radius 3 is 0.848 bits per heavy atom. The van der Waals surface area contributed by atoms with Crippen LogP contribution in [-0.4, -0.2) is 22.6 Å². The van der Waals surface area contributed by atoms with E-state index in [1.165, 1.54) is 32.5 Å². The molecular weight excluding hydrogens is 802 g/mol. The normalized spacial score (nSPS) is 12.7. The molecule has 2 aliphatic rings. The van der Waals surface area contributed by atoms with Gasteiger partial charge >= 0.3 is 0 Å². The second-order valence-electron chi connectivity index (χ2n) is 17.4. The summed E-state index contributed by atoms with van der Waals surface area (Å²) in [5.74, 6) is 3.48. The molecule has 0 unspecified atom stereocenters. The lowest BCUT2D eigenvalue weighted by Crippen LogP contribution is -2.58. The van der Waals surface area contributed by atoms with Gasteiger partial charge < -0.3 is 18.6 Å². The Labute approximate surface area is 382 Å². The summed E-state index contributed by atoms with van der Waals surface area (Å²) in [5.41, 5.74) is 16.2. The quantitative estimate of drug-likeness (QED) is 0.162. The molecule has 2 aliphatic heterocycles. The summed E-state index contributed by atoms with van der Waals surface area (Å²) in [4.78, 5) is 0. The molecule has 2 aromatic heterocycles. The van der Waals surface area contributed by atoms with E-state index in [0.29, 0.717) is 0 Å². The SMILES string of the molecule is c1ccc2c(c1)Oc1ccccc1B2c1c(-c2cccc(-n3c4ccccc4c4ccccc43)c2B2c3ccccc3Oc3ccccc32)cccc1-n1c2ccccc2c2ccccc21. The Morgan fingerprint density at radius 2 is 0.530 bits per heavy atom. The van der Waals surface area contributed by atoms with Crippen LogP contribution in [0.15, 0.2) is 231 Å². The molecule has 0 atom stereocenters. The van der Waals surface area contributed by atoms with Gasteiger partial charge in [0.25, 0.3) is 13.4 Å². The van der Waals surface area contributed by atoms with Gasteiger partial charge in [0.2, 0.25) is 0 Å². The molecule has 0 N–H and O–H groups in total. The number of aromatic nitrogens is 2. The minimum absolute atomic E-state index is 0.184. The van der Waals surface area contributed by atoms with Crippen LogP contribution < -0.4 is 42.3 Å². The molecule has 306 valence electrons. The van der Waals surface area contributed by atoms with Crippen molar-refractivity contribution in [3.05, 3.63) is 231 Å². The largest absolute Gasteiger partial charge is 0.458 e. The molecular formula is C60H38B2N2O2. The van der Waals surface area contributed by atoms with Crippen LogP contribution in [0.25, 0.3) is 66.1 Å². The molecule has 10 aromatic carbocycles. The smallest absolute Gasteiger partial charge is 0.254 e. The first-order valence-corrected chi connectivity index (χ1v) is 22.7. The molecule has 6 heteroatoms. The van der Waals surface area contributed by atoms with Gasteiger partial charge in [0.15, 0.2) is 0 Å². The minimum Gasteiger partial charge on any atom is -0.458 e. The summed E-state index contributed by atoms with van der Waals surface area (Å²) in [5, 5.41) is 4.90. The zero-order valence-corrected chi connectivity index (χ0v) is 35.8. The summed E-state index contributed by atoms with van der Waals surface area (Å²) in [7, 11) is 0. The molecule has 0 amide bonds. The number of hydrogen-bond donors (Lipinski definition) is 0. The van der Waals surface area contributed by atoms with Crippen molar-refractivity contribution in [3.63, 3.8) is 0 Å². The monoisotopic (exact) mass is 840 g/mol. The highest BCUT2D eigenvalue weighted by molar-refractivity contribution is 7.00. The predicted octanol–water partition coefficient (Wildman–Crippen LogP) is 10.8.